The Labute approximate surface area is 117 Å². The molecule has 5 heteroatoms. The van der Waals surface area contributed by atoms with Gasteiger partial charge in [0.2, 0.25) is 0 Å². The van der Waals surface area contributed by atoms with Crippen molar-refractivity contribution in [1.29, 1.82) is 0 Å². The third kappa shape index (κ3) is 3.37. The van der Waals surface area contributed by atoms with E-state index < -0.39 is 12.0 Å². The van der Waals surface area contributed by atoms with Gasteiger partial charge in [-0.25, -0.2) is 0 Å². The van der Waals surface area contributed by atoms with Gasteiger partial charge in [0, 0.05) is 16.1 Å². The number of benzene rings is 1. The number of rotatable bonds is 5. The summed E-state index contributed by atoms with van der Waals surface area (Å²) in [5.41, 5.74) is 0.839. The Balaban J connectivity index is 3.02. The van der Waals surface area contributed by atoms with Crippen molar-refractivity contribution in [3.63, 3.8) is 0 Å². The second-order valence-electron chi connectivity index (χ2n) is 4.27. The average molecular weight is 290 g/mol. The molecular formula is C13H17Cl2NO2. The molecule has 2 atom stereocenters. The molecule has 1 rings (SSSR count). The number of hydrogen-bond acceptors (Lipinski definition) is 2. The number of nitrogens with zero attached hydrogens (tertiary/aromatic N) is 1. The summed E-state index contributed by atoms with van der Waals surface area (Å²) in [6.07, 6.45) is 0.536. The first-order chi connectivity index (χ1) is 8.38. The number of carboxylic acids is 1. The van der Waals surface area contributed by atoms with E-state index in [1.807, 2.05) is 13.8 Å². The van der Waals surface area contributed by atoms with E-state index >= 15 is 0 Å². The highest BCUT2D eigenvalue weighted by molar-refractivity contribution is 6.33. The Hall–Kier alpha value is -0.770. The lowest BCUT2D eigenvalue weighted by atomic mass is 10.0. The minimum absolute atomic E-state index is 0.114. The SMILES string of the molecule is CCC(C(=O)O)N(C)C(C)c1cc(Cl)ccc1Cl. The van der Waals surface area contributed by atoms with Crippen LogP contribution in [0.2, 0.25) is 10.0 Å². The first kappa shape index (κ1) is 15.3. The number of likely N-dealkylation sites (N-methyl/N-ethyl adjacent to an activating group) is 1. The molecule has 0 amide bonds. The average Bonchev–Trinajstić information content (AvgIpc) is 2.31. The lowest BCUT2D eigenvalue weighted by Gasteiger charge is -2.30. The molecule has 0 aliphatic heterocycles. The maximum atomic E-state index is 11.2. The quantitative estimate of drug-likeness (QED) is 0.895. The molecule has 1 N–H and O–H groups in total. The van der Waals surface area contributed by atoms with Gasteiger partial charge in [0.1, 0.15) is 6.04 Å². The van der Waals surface area contributed by atoms with Gasteiger partial charge in [-0.3, -0.25) is 9.69 Å². The van der Waals surface area contributed by atoms with Crippen molar-refractivity contribution in [3.8, 4) is 0 Å². The Morgan fingerprint density at radius 2 is 2.06 bits per heavy atom. The van der Waals surface area contributed by atoms with Gasteiger partial charge in [-0.05, 0) is 44.2 Å². The Bertz CT molecular complexity index is 437. The second kappa shape index (κ2) is 6.41. The number of halogens is 2. The standard InChI is InChI=1S/C13H17Cl2NO2/c1-4-12(13(17)18)16(3)8(2)10-7-9(14)5-6-11(10)15/h5-8,12H,4H2,1-3H3,(H,17,18). The molecule has 0 bridgehead atoms. The third-order valence-corrected chi connectivity index (χ3v) is 3.76. The van der Waals surface area contributed by atoms with E-state index in [2.05, 4.69) is 0 Å². The highest BCUT2D eigenvalue weighted by Crippen LogP contribution is 2.30. The molecule has 0 aromatic heterocycles. The summed E-state index contributed by atoms with van der Waals surface area (Å²) in [6.45, 7) is 3.77. The molecule has 0 radical (unpaired) electrons. The first-order valence-corrected chi connectivity index (χ1v) is 6.53. The molecule has 0 aliphatic carbocycles. The summed E-state index contributed by atoms with van der Waals surface area (Å²) >= 11 is 12.1. The summed E-state index contributed by atoms with van der Waals surface area (Å²) < 4.78 is 0. The van der Waals surface area contributed by atoms with Gasteiger partial charge in [0.25, 0.3) is 0 Å². The zero-order valence-corrected chi connectivity index (χ0v) is 12.2. The smallest absolute Gasteiger partial charge is 0.320 e. The van der Waals surface area contributed by atoms with Gasteiger partial charge in [0.05, 0.1) is 0 Å². The predicted molar refractivity (Wildman–Crippen MR) is 74.4 cm³/mol. The molecule has 1 aromatic carbocycles. The fourth-order valence-corrected chi connectivity index (χ4v) is 2.42. The van der Waals surface area contributed by atoms with E-state index in [4.69, 9.17) is 28.3 Å². The number of carbonyl (C=O) groups is 1. The Morgan fingerprint density at radius 1 is 1.44 bits per heavy atom. The molecule has 3 nitrogen and oxygen atoms in total. The lowest BCUT2D eigenvalue weighted by Crippen LogP contribution is -2.39. The maximum absolute atomic E-state index is 11.2. The van der Waals surface area contributed by atoms with Crippen LogP contribution in [0.15, 0.2) is 18.2 Å². The second-order valence-corrected chi connectivity index (χ2v) is 5.11. The number of hydrogen-bond donors (Lipinski definition) is 1. The van der Waals surface area contributed by atoms with Crippen molar-refractivity contribution in [3.05, 3.63) is 33.8 Å². The Morgan fingerprint density at radius 3 is 2.56 bits per heavy atom. The van der Waals surface area contributed by atoms with Crippen molar-refractivity contribution in [1.82, 2.24) is 4.90 Å². The van der Waals surface area contributed by atoms with Crippen molar-refractivity contribution in [2.75, 3.05) is 7.05 Å². The van der Waals surface area contributed by atoms with E-state index in [9.17, 15) is 4.79 Å². The van der Waals surface area contributed by atoms with Gasteiger partial charge in [-0.2, -0.15) is 0 Å². The van der Waals surface area contributed by atoms with E-state index in [-0.39, 0.29) is 6.04 Å². The highest BCUT2D eigenvalue weighted by Gasteiger charge is 2.26. The minimum atomic E-state index is -0.829. The molecule has 18 heavy (non-hydrogen) atoms. The lowest BCUT2D eigenvalue weighted by molar-refractivity contribution is -0.143. The molecule has 0 aliphatic rings. The van der Waals surface area contributed by atoms with Crippen molar-refractivity contribution >= 4 is 29.2 Å². The fraction of sp³-hybridized carbons (Fsp3) is 0.462. The molecule has 1 aromatic rings. The topological polar surface area (TPSA) is 40.5 Å². The minimum Gasteiger partial charge on any atom is -0.480 e. The van der Waals surface area contributed by atoms with Gasteiger partial charge in [0.15, 0.2) is 0 Å². The highest BCUT2D eigenvalue weighted by atomic mass is 35.5. The van der Waals surface area contributed by atoms with Crippen molar-refractivity contribution < 1.29 is 9.90 Å². The van der Waals surface area contributed by atoms with Crippen LogP contribution in [0.1, 0.15) is 31.9 Å². The molecular weight excluding hydrogens is 273 g/mol. The fourth-order valence-electron chi connectivity index (χ4n) is 1.96. The summed E-state index contributed by atoms with van der Waals surface area (Å²) in [4.78, 5) is 13.0. The van der Waals surface area contributed by atoms with E-state index in [0.717, 1.165) is 5.56 Å². The van der Waals surface area contributed by atoms with Gasteiger partial charge in [-0.1, -0.05) is 30.1 Å². The summed E-state index contributed by atoms with van der Waals surface area (Å²) in [5.74, 6) is -0.829. The Kier molecular flexibility index (Phi) is 5.45. The van der Waals surface area contributed by atoms with E-state index in [1.54, 1.807) is 30.1 Å². The molecule has 0 saturated heterocycles. The van der Waals surface area contributed by atoms with E-state index in [0.29, 0.717) is 16.5 Å². The van der Waals surface area contributed by atoms with Gasteiger partial charge in [-0.15, -0.1) is 0 Å². The molecule has 0 saturated carbocycles. The number of carboxylic acid groups (broad SMARTS) is 1. The van der Waals surface area contributed by atoms with Crippen LogP contribution in [0.5, 0.6) is 0 Å². The molecule has 100 valence electrons. The molecule has 0 heterocycles. The summed E-state index contributed by atoms with van der Waals surface area (Å²) in [6, 6.07) is 4.58. The van der Waals surface area contributed by atoms with Gasteiger partial charge < -0.3 is 5.11 Å². The van der Waals surface area contributed by atoms with Crippen molar-refractivity contribution in [2.24, 2.45) is 0 Å². The molecule has 0 spiro atoms. The van der Waals surface area contributed by atoms with Crippen LogP contribution in [-0.4, -0.2) is 29.1 Å². The van der Waals surface area contributed by atoms with Crippen LogP contribution < -0.4 is 0 Å². The summed E-state index contributed by atoms with van der Waals surface area (Å²) in [7, 11) is 1.78. The largest absolute Gasteiger partial charge is 0.480 e. The van der Waals surface area contributed by atoms with Crippen LogP contribution in [0.3, 0.4) is 0 Å². The van der Waals surface area contributed by atoms with Crippen molar-refractivity contribution in [2.45, 2.75) is 32.4 Å². The monoisotopic (exact) mass is 289 g/mol. The van der Waals surface area contributed by atoms with Crippen LogP contribution in [0.25, 0.3) is 0 Å². The zero-order valence-electron chi connectivity index (χ0n) is 10.7. The first-order valence-electron chi connectivity index (χ1n) is 5.78. The summed E-state index contributed by atoms with van der Waals surface area (Å²) in [5, 5.41) is 10.4. The third-order valence-electron chi connectivity index (χ3n) is 3.18. The van der Waals surface area contributed by atoms with Gasteiger partial charge >= 0.3 is 5.97 Å². The predicted octanol–water partition coefficient (Wildman–Crippen LogP) is 3.85. The molecule has 2 unspecified atom stereocenters. The van der Waals surface area contributed by atoms with Crippen LogP contribution in [0.4, 0.5) is 0 Å². The van der Waals surface area contributed by atoms with Crippen LogP contribution in [-0.2, 0) is 4.79 Å². The maximum Gasteiger partial charge on any atom is 0.320 e. The molecule has 0 fully saturated rings. The zero-order chi connectivity index (χ0) is 13.9. The van der Waals surface area contributed by atoms with Crippen LogP contribution >= 0.6 is 23.2 Å². The number of aliphatic carboxylic acids is 1. The van der Waals surface area contributed by atoms with Crippen LogP contribution in [0, 0.1) is 0 Å². The van der Waals surface area contributed by atoms with E-state index in [1.165, 1.54) is 0 Å². The normalized spacial score (nSPS) is 14.6.